The first kappa shape index (κ1) is 17.6. The number of nitrogens with one attached hydrogen (secondary N) is 2. The Bertz CT molecular complexity index is 547. The molecule has 2 N–H and O–H groups in total. The lowest BCUT2D eigenvalue weighted by Crippen LogP contribution is -2.44. The Morgan fingerprint density at radius 2 is 1.67 bits per heavy atom. The highest BCUT2D eigenvalue weighted by atomic mass is 79.9. The second-order valence-corrected chi connectivity index (χ2v) is 6.84. The molecule has 1 aromatic rings. The predicted octanol–water partition coefficient (Wildman–Crippen LogP) is 1.92. The maximum atomic E-state index is 12.0. The van der Waals surface area contributed by atoms with Gasteiger partial charge < -0.3 is 4.74 Å². The molecule has 0 aromatic heterocycles. The second kappa shape index (κ2) is 8.14. The van der Waals surface area contributed by atoms with E-state index in [-0.39, 0.29) is 11.3 Å². The average Bonchev–Trinajstić information content (AvgIpc) is 2.44. The van der Waals surface area contributed by atoms with Crippen LogP contribution in [0.15, 0.2) is 24.3 Å². The molecule has 0 spiro atoms. The van der Waals surface area contributed by atoms with Crippen LogP contribution in [-0.4, -0.2) is 27.4 Å². The highest BCUT2D eigenvalue weighted by Crippen LogP contribution is 2.19. The maximum absolute atomic E-state index is 12.0. The van der Waals surface area contributed by atoms with Crippen LogP contribution in [0.1, 0.15) is 24.2 Å². The number of halogens is 2. The SMILES string of the molecule is C[C@H](Br)C(=O)NNC(=O)c1ccccc1OC(=O)[C@@H](C)Br. The molecule has 114 valence electrons. The Kier molecular flexibility index (Phi) is 6.83. The summed E-state index contributed by atoms with van der Waals surface area (Å²) in [6, 6.07) is 6.24. The molecule has 0 fully saturated rings. The zero-order valence-corrected chi connectivity index (χ0v) is 14.5. The van der Waals surface area contributed by atoms with E-state index in [2.05, 4.69) is 42.7 Å². The minimum atomic E-state index is -0.581. The third-order valence-corrected chi connectivity index (χ3v) is 3.12. The van der Waals surface area contributed by atoms with Crippen molar-refractivity contribution in [3.8, 4) is 5.75 Å². The summed E-state index contributed by atoms with van der Waals surface area (Å²) in [4.78, 5) is 34.0. The molecule has 1 aromatic carbocycles. The van der Waals surface area contributed by atoms with Gasteiger partial charge in [-0.2, -0.15) is 0 Å². The van der Waals surface area contributed by atoms with Gasteiger partial charge in [-0.25, -0.2) is 0 Å². The average molecular weight is 422 g/mol. The highest BCUT2D eigenvalue weighted by Gasteiger charge is 2.18. The molecule has 0 heterocycles. The van der Waals surface area contributed by atoms with E-state index in [1.165, 1.54) is 12.1 Å². The number of alkyl halides is 2. The summed E-state index contributed by atoms with van der Waals surface area (Å²) in [7, 11) is 0. The smallest absolute Gasteiger partial charge is 0.324 e. The van der Waals surface area contributed by atoms with Gasteiger partial charge in [0, 0.05) is 0 Å². The molecule has 0 aliphatic rings. The topological polar surface area (TPSA) is 84.5 Å². The van der Waals surface area contributed by atoms with Crippen molar-refractivity contribution >= 4 is 49.6 Å². The molecule has 21 heavy (non-hydrogen) atoms. The number of carbonyl (C=O) groups excluding carboxylic acids is 3. The molecule has 2 atom stereocenters. The summed E-state index contributed by atoms with van der Waals surface area (Å²) >= 11 is 6.16. The van der Waals surface area contributed by atoms with Crippen LogP contribution >= 0.6 is 31.9 Å². The molecule has 2 amide bonds. The van der Waals surface area contributed by atoms with Crippen LogP contribution in [0.4, 0.5) is 0 Å². The van der Waals surface area contributed by atoms with E-state index >= 15 is 0 Å². The summed E-state index contributed by atoms with van der Waals surface area (Å²) in [5.74, 6) is -1.38. The first-order chi connectivity index (χ1) is 9.82. The number of hydrogen-bond donors (Lipinski definition) is 2. The minimum Gasteiger partial charge on any atom is -0.425 e. The Balaban J connectivity index is 2.80. The Labute approximate surface area is 138 Å². The van der Waals surface area contributed by atoms with Crippen molar-refractivity contribution in [2.45, 2.75) is 23.5 Å². The number of benzene rings is 1. The number of hydrazine groups is 1. The molecule has 0 bridgehead atoms. The third-order valence-electron chi connectivity index (χ3n) is 2.33. The lowest BCUT2D eigenvalue weighted by molar-refractivity contribution is -0.133. The van der Waals surface area contributed by atoms with Gasteiger partial charge in [0.05, 0.1) is 10.4 Å². The van der Waals surface area contributed by atoms with Gasteiger partial charge in [-0.3, -0.25) is 25.2 Å². The van der Waals surface area contributed by atoms with Gasteiger partial charge in [0.1, 0.15) is 10.6 Å². The molecule has 0 aliphatic heterocycles. The molecule has 0 unspecified atom stereocenters. The fraction of sp³-hybridized carbons (Fsp3) is 0.308. The minimum absolute atomic E-state index is 0.118. The monoisotopic (exact) mass is 420 g/mol. The molecule has 6 nitrogen and oxygen atoms in total. The van der Waals surface area contributed by atoms with Crippen molar-refractivity contribution in [2.24, 2.45) is 0 Å². The number of ether oxygens (including phenoxy) is 1. The van der Waals surface area contributed by atoms with Gasteiger partial charge in [0.25, 0.3) is 11.8 Å². The van der Waals surface area contributed by atoms with Gasteiger partial charge in [-0.15, -0.1) is 0 Å². The second-order valence-electron chi connectivity index (χ2n) is 4.09. The zero-order chi connectivity index (χ0) is 16.0. The number of hydrogen-bond acceptors (Lipinski definition) is 4. The van der Waals surface area contributed by atoms with E-state index in [0.717, 1.165) is 0 Å². The van der Waals surface area contributed by atoms with Crippen molar-refractivity contribution < 1.29 is 19.1 Å². The number of amides is 2. The molecule has 0 saturated carbocycles. The number of para-hydroxylation sites is 1. The standard InChI is InChI=1S/C13H14Br2N2O4/c1-7(14)11(18)16-17-12(19)9-5-3-4-6-10(9)21-13(20)8(2)15/h3-8H,1-2H3,(H,16,18)(H,17,19)/t7-,8+/m0/s1. The van der Waals surface area contributed by atoms with Crippen LogP contribution in [0.2, 0.25) is 0 Å². The van der Waals surface area contributed by atoms with Crippen LogP contribution in [0, 0.1) is 0 Å². The van der Waals surface area contributed by atoms with Crippen LogP contribution < -0.4 is 15.6 Å². The molecule has 0 aliphatic carbocycles. The Morgan fingerprint density at radius 1 is 1.05 bits per heavy atom. The predicted molar refractivity (Wildman–Crippen MR) is 84.5 cm³/mol. The zero-order valence-electron chi connectivity index (χ0n) is 11.4. The number of rotatable bonds is 4. The summed E-state index contributed by atoms with van der Waals surface area (Å²) in [6.45, 7) is 3.23. The van der Waals surface area contributed by atoms with Crippen LogP contribution in [0.3, 0.4) is 0 Å². The third kappa shape index (κ3) is 5.47. The fourth-order valence-corrected chi connectivity index (χ4v) is 1.43. The van der Waals surface area contributed by atoms with Crippen molar-refractivity contribution in [1.29, 1.82) is 0 Å². The van der Waals surface area contributed by atoms with Crippen molar-refractivity contribution in [2.75, 3.05) is 0 Å². The van der Waals surface area contributed by atoms with Crippen molar-refractivity contribution in [1.82, 2.24) is 10.9 Å². The molecule has 1 rings (SSSR count). The first-order valence-corrected chi connectivity index (χ1v) is 7.85. The normalized spacial score (nSPS) is 13.0. The van der Waals surface area contributed by atoms with E-state index in [1.54, 1.807) is 26.0 Å². The number of esters is 1. The summed E-state index contributed by atoms with van der Waals surface area (Å²) < 4.78 is 5.11. The van der Waals surface area contributed by atoms with Crippen LogP contribution in [0.25, 0.3) is 0 Å². The fourth-order valence-electron chi connectivity index (χ4n) is 1.22. The largest absolute Gasteiger partial charge is 0.425 e. The van der Waals surface area contributed by atoms with Crippen molar-refractivity contribution in [3.63, 3.8) is 0 Å². The van der Waals surface area contributed by atoms with Gasteiger partial charge in [0.15, 0.2) is 0 Å². The Hall–Kier alpha value is -1.41. The maximum Gasteiger partial charge on any atom is 0.324 e. The van der Waals surface area contributed by atoms with E-state index < -0.39 is 27.4 Å². The molecular formula is C13H14Br2N2O4. The molecule has 0 radical (unpaired) electrons. The highest BCUT2D eigenvalue weighted by molar-refractivity contribution is 9.10. The lowest BCUT2D eigenvalue weighted by atomic mass is 10.2. The Morgan fingerprint density at radius 3 is 2.24 bits per heavy atom. The van der Waals surface area contributed by atoms with Gasteiger partial charge in [0.2, 0.25) is 0 Å². The molecule has 8 heteroatoms. The molecular weight excluding hydrogens is 408 g/mol. The first-order valence-electron chi connectivity index (χ1n) is 6.02. The van der Waals surface area contributed by atoms with Gasteiger partial charge in [-0.1, -0.05) is 44.0 Å². The quantitative estimate of drug-likeness (QED) is 0.336. The van der Waals surface area contributed by atoms with Crippen LogP contribution in [-0.2, 0) is 9.59 Å². The lowest BCUT2D eigenvalue weighted by Gasteiger charge is -2.12. The summed E-state index contributed by atoms with van der Waals surface area (Å²) in [6.07, 6.45) is 0. The van der Waals surface area contributed by atoms with Gasteiger partial charge >= 0.3 is 5.97 Å². The van der Waals surface area contributed by atoms with E-state index in [4.69, 9.17) is 4.74 Å². The summed E-state index contributed by atoms with van der Waals surface area (Å²) in [5.41, 5.74) is 4.64. The van der Waals surface area contributed by atoms with Crippen LogP contribution in [0.5, 0.6) is 5.75 Å². The van der Waals surface area contributed by atoms with E-state index in [0.29, 0.717) is 0 Å². The van der Waals surface area contributed by atoms with Gasteiger partial charge in [-0.05, 0) is 26.0 Å². The van der Waals surface area contributed by atoms with E-state index in [9.17, 15) is 14.4 Å². The summed E-state index contributed by atoms with van der Waals surface area (Å²) in [5, 5.41) is 0. The van der Waals surface area contributed by atoms with E-state index in [1.807, 2.05) is 0 Å². The molecule has 0 saturated heterocycles. The van der Waals surface area contributed by atoms with Crippen molar-refractivity contribution in [3.05, 3.63) is 29.8 Å². The number of carbonyl (C=O) groups is 3.